The second-order valence-corrected chi connectivity index (χ2v) is 8.32. The van der Waals surface area contributed by atoms with E-state index < -0.39 is 0 Å². The number of anilines is 1. The molecule has 4 rings (SSSR count). The molecule has 6 heteroatoms. The van der Waals surface area contributed by atoms with Crippen molar-refractivity contribution in [1.29, 1.82) is 0 Å². The van der Waals surface area contributed by atoms with E-state index in [4.69, 9.17) is 9.72 Å². The summed E-state index contributed by atoms with van der Waals surface area (Å²) in [5.41, 5.74) is 4.33. The third-order valence-electron chi connectivity index (χ3n) is 5.14. The second kappa shape index (κ2) is 8.37. The van der Waals surface area contributed by atoms with E-state index in [1.165, 1.54) is 17.3 Å². The number of imidazole rings is 1. The minimum atomic E-state index is -0.218. The molecule has 0 radical (unpaired) electrons. The maximum absolute atomic E-state index is 13.2. The Morgan fingerprint density at radius 1 is 1.21 bits per heavy atom. The molecule has 0 fully saturated rings. The van der Waals surface area contributed by atoms with Crippen LogP contribution >= 0.6 is 11.8 Å². The van der Waals surface area contributed by atoms with E-state index in [2.05, 4.69) is 22.8 Å². The fraction of sp³-hybridized carbons (Fsp3) is 0.364. The van der Waals surface area contributed by atoms with Crippen LogP contribution in [0.3, 0.4) is 0 Å². The average molecular weight is 396 g/mol. The maximum atomic E-state index is 13.2. The molecular weight excluding hydrogens is 370 g/mol. The maximum Gasteiger partial charge on any atom is 0.240 e. The van der Waals surface area contributed by atoms with Crippen LogP contribution in [-0.4, -0.2) is 41.0 Å². The van der Waals surface area contributed by atoms with Gasteiger partial charge in [-0.05, 0) is 43.5 Å². The number of para-hydroxylation sites is 3. The number of aromatic nitrogens is 2. The molecule has 1 aromatic heterocycles. The van der Waals surface area contributed by atoms with E-state index >= 15 is 0 Å². The van der Waals surface area contributed by atoms with E-state index in [1.54, 1.807) is 7.11 Å². The largest absolute Gasteiger partial charge is 0.383 e. The van der Waals surface area contributed by atoms with Gasteiger partial charge in [0.1, 0.15) is 0 Å². The zero-order valence-electron chi connectivity index (χ0n) is 16.3. The van der Waals surface area contributed by atoms with Gasteiger partial charge in [-0.25, -0.2) is 4.98 Å². The highest BCUT2D eigenvalue weighted by Crippen LogP contribution is 2.32. The zero-order valence-corrected chi connectivity index (χ0v) is 17.1. The highest BCUT2D eigenvalue weighted by Gasteiger charge is 2.28. The van der Waals surface area contributed by atoms with Crippen LogP contribution in [0, 0.1) is 0 Å². The highest BCUT2D eigenvalue weighted by molar-refractivity contribution is 8.00. The standard InChI is InChI=1S/C22H25N3O2S/c1-16(21(26)24-13-7-9-17-8-3-5-11-19(17)24)28-22-23-18-10-4-6-12-20(18)25(22)14-15-27-2/h3-6,8,10-12,16H,7,9,13-15H2,1-2H3. The van der Waals surface area contributed by atoms with Gasteiger partial charge in [0.2, 0.25) is 5.91 Å². The van der Waals surface area contributed by atoms with Crippen molar-refractivity contribution >= 4 is 34.4 Å². The SMILES string of the molecule is COCCn1c(SC(C)C(=O)N2CCCc3ccccc32)nc2ccccc21. The van der Waals surface area contributed by atoms with Gasteiger partial charge < -0.3 is 14.2 Å². The van der Waals surface area contributed by atoms with Crippen molar-refractivity contribution < 1.29 is 9.53 Å². The van der Waals surface area contributed by atoms with Crippen molar-refractivity contribution in [2.24, 2.45) is 0 Å². The Labute approximate surface area is 169 Å². The van der Waals surface area contributed by atoms with E-state index in [1.807, 2.05) is 42.2 Å². The van der Waals surface area contributed by atoms with Gasteiger partial charge in [0.15, 0.2) is 5.16 Å². The highest BCUT2D eigenvalue weighted by atomic mass is 32.2. The van der Waals surface area contributed by atoms with Gasteiger partial charge >= 0.3 is 0 Å². The number of fused-ring (bicyclic) bond motifs is 2. The van der Waals surface area contributed by atoms with Crippen molar-refractivity contribution in [3.63, 3.8) is 0 Å². The van der Waals surface area contributed by atoms with Gasteiger partial charge in [0.05, 0.1) is 22.9 Å². The molecule has 1 atom stereocenters. The number of thioether (sulfide) groups is 1. The first-order chi connectivity index (χ1) is 13.7. The summed E-state index contributed by atoms with van der Waals surface area (Å²) >= 11 is 1.53. The van der Waals surface area contributed by atoms with Crippen molar-refractivity contribution in [3.05, 3.63) is 54.1 Å². The summed E-state index contributed by atoms with van der Waals surface area (Å²) in [4.78, 5) is 20.0. The Hall–Kier alpha value is -2.31. The number of amides is 1. The lowest BCUT2D eigenvalue weighted by molar-refractivity contribution is -0.117. The number of aryl methyl sites for hydroxylation is 1. The summed E-state index contributed by atoms with van der Waals surface area (Å²) < 4.78 is 7.42. The summed E-state index contributed by atoms with van der Waals surface area (Å²) in [5, 5.41) is 0.647. The molecule has 5 nitrogen and oxygen atoms in total. The van der Waals surface area contributed by atoms with Gasteiger partial charge in [-0.2, -0.15) is 0 Å². The fourth-order valence-corrected chi connectivity index (χ4v) is 4.74. The molecule has 0 bridgehead atoms. The summed E-state index contributed by atoms with van der Waals surface area (Å²) in [5.74, 6) is 0.141. The minimum Gasteiger partial charge on any atom is -0.383 e. The van der Waals surface area contributed by atoms with Crippen LogP contribution in [0.15, 0.2) is 53.7 Å². The van der Waals surface area contributed by atoms with Crippen LogP contribution in [-0.2, 0) is 22.5 Å². The molecule has 0 N–H and O–H groups in total. The first kappa shape index (κ1) is 19.0. The van der Waals surface area contributed by atoms with Crippen LogP contribution in [0.2, 0.25) is 0 Å². The molecule has 0 saturated heterocycles. The molecule has 28 heavy (non-hydrogen) atoms. The van der Waals surface area contributed by atoms with Gasteiger partial charge in [-0.1, -0.05) is 42.1 Å². The molecule has 1 aliphatic rings. The van der Waals surface area contributed by atoms with Gasteiger partial charge in [-0.15, -0.1) is 0 Å². The molecule has 0 spiro atoms. The van der Waals surface area contributed by atoms with Crippen LogP contribution in [0.25, 0.3) is 11.0 Å². The number of ether oxygens (including phenoxy) is 1. The molecular formula is C22H25N3O2S. The first-order valence-electron chi connectivity index (χ1n) is 9.69. The van der Waals surface area contributed by atoms with E-state index in [0.29, 0.717) is 13.2 Å². The molecule has 146 valence electrons. The van der Waals surface area contributed by atoms with Gasteiger partial charge in [-0.3, -0.25) is 4.79 Å². The van der Waals surface area contributed by atoms with Gasteiger partial charge in [0.25, 0.3) is 0 Å². The summed E-state index contributed by atoms with van der Waals surface area (Å²) in [6, 6.07) is 16.3. The Bertz CT molecular complexity index is 985. The Morgan fingerprint density at radius 2 is 2.00 bits per heavy atom. The Kier molecular flexibility index (Phi) is 5.69. The van der Waals surface area contributed by atoms with E-state index in [0.717, 1.165) is 41.3 Å². The Morgan fingerprint density at radius 3 is 2.86 bits per heavy atom. The topological polar surface area (TPSA) is 47.4 Å². The third kappa shape index (κ3) is 3.66. The van der Waals surface area contributed by atoms with Crippen LogP contribution in [0.5, 0.6) is 0 Å². The molecule has 1 aliphatic heterocycles. The van der Waals surface area contributed by atoms with Crippen LogP contribution < -0.4 is 4.90 Å². The number of carbonyl (C=O) groups is 1. The fourth-order valence-electron chi connectivity index (χ4n) is 3.73. The molecule has 0 saturated carbocycles. The van der Waals surface area contributed by atoms with Crippen molar-refractivity contribution in [3.8, 4) is 0 Å². The average Bonchev–Trinajstić information content (AvgIpc) is 3.08. The van der Waals surface area contributed by atoms with Crippen molar-refractivity contribution in [1.82, 2.24) is 9.55 Å². The Balaban J connectivity index is 1.58. The van der Waals surface area contributed by atoms with Crippen LogP contribution in [0.4, 0.5) is 5.69 Å². The quantitative estimate of drug-likeness (QED) is 0.589. The third-order valence-corrected chi connectivity index (χ3v) is 6.22. The van der Waals surface area contributed by atoms with Crippen molar-refractivity contribution in [2.75, 3.05) is 25.2 Å². The summed E-state index contributed by atoms with van der Waals surface area (Å²) in [6.45, 7) is 4.08. The molecule has 1 amide bonds. The predicted molar refractivity (Wildman–Crippen MR) is 114 cm³/mol. The number of hydrogen-bond acceptors (Lipinski definition) is 4. The molecule has 2 aromatic carbocycles. The second-order valence-electron chi connectivity index (χ2n) is 7.01. The minimum absolute atomic E-state index is 0.141. The smallest absolute Gasteiger partial charge is 0.240 e. The normalized spacial score (nSPS) is 14.9. The van der Waals surface area contributed by atoms with Gasteiger partial charge in [0, 0.05) is 25.9 Å². The summed E-state index contributed by atoms with van der Waals surface area (Å²) in [7, 11) is 1.70. The summed E-state index contributed by atoms with van der Waals surface area (Å²) in [6.07, 6.45) is 2.04. The first-order valence-corrected chi connectivity index (χ1v) is 10.6. The number of hydrogen-bond donors (Lipinski definition) is 0. The monoisotopic (exact) mass is 395 g/mol. The van der Waals surface area contributed by atoms with Crippen molar-refractivity contribution in [2.45, 2.75) is 36.7 Å². The lowest BCUT2D eigenvalue weighted by atomic mass is 10.0. The molecule has 3 aromatic rings. The molecule has 0 aliphatic carbocycles. The number of rotatable bonds is 6. The van der Waals surface area contributed by atoms with Crippen LogP contribution in [0.1, 0.15) is 18.9 Å². The number of nitrogens with zero attached hydrogens (tertiary/aromatic N) is 3. The number of methoxy groups -OCH3 is 1. The van der Waals surface area contributed by atoms with E-state index in [-0.39, 0.29) is 11.2 Å². The lowest BCUT2D eigenvalue weighted by Gasteiger charge is -2.31. The molecule has 2 heterocycles. The predicted octanol–water partition coefficient (Wildman–Crippen LogP) is 4.14. The van der Waals surface area contributed by atoms with E-state index in [9.17, 15) is 4.79 Å². The molecule has 1 unspecified atom stereocenters. The number of benzene rings is 2. The zero-order chi connectivity index (χ0) is 19.5. The number of carbonyl (C=O) groups excluding carboxylic acids is 1. The lowest BCUT2D eigenvalue weighted by Crippen LogP contribution is -2.40.